The Bertz CT molecular complexity index is 1160. The zero-order valence-electron chi connectivity index (χ0n) is 15.5. The summed E-state index contributed by atoms with van der Waals surface area (Å²) < 4.78 is 5.09. The lowest BCUT2D eigenvalue weighted by atomic mass is 10.1. The van der Waals surface area contributed by atoms with Crippen LogP contribution in [0.3, 0.4) is 0 Å². The number of hydrogen-bond donors (Lipinski definition) is 1. The highest BCUT2D eigenvalue weighted by Crippen LogP contribution is 2.29. The van der Waals surface area contributed by atoms with Crippen molar-refractivity contribution in [2.75, 3.05) is 11.9 Å². The van der Waals surface area contributed by atoms with Gasteiger partial charge in [-0.25, -0.2) is 19.7 Å². The van der Waals surface area contributed by atoms with Gasteiger partial charge in [-0.2, -0.15) is 0 Å². The topological polar surface area (TPSA) is 77.0 Å². The Morgan fingerprint density at radius 1 is 1.14 bits per heavy atom. The van der Waals surface area contributed by atoms with Gasteiger partial charge in [-0.05, 0) is 30.7 Å². The van der Waals surface area contributed by atoms with E-state index < -0.39 is 5.97 Å². The summed E-state index contributed by atoms with van der Waals surface area (Å²) in [6.07, 6.45) is 1.47. The van der Waals surface area contributed by atoms with Crippen LogP contribution in [-0.4, -0.2) is 27.5 Å². The first kappa shape index (κ1) is 18.1. The van der Waals surface area contributed by atoms with Crippen LogP contribution in [0.5, 0.6) is 0 Å². The van der Waals surface area contributed by atoms with Gasteiger partial charge in [-0.1, -0.05) is 36.4 Å². The molecule has 7 heteroatoms. The minimum atomic E-state index is -0.462. The van der Waals surface area contributed by atoms with E-state index in [9.17, 15) is 4.79 Å². The van der Waals surface area contributed by atoms with E-state index >= 15 is 0 Å². The fourth-order valence-electron chi connectivity index (χ4n) is 2.84. The highest BCUT2D eigenvalue weighted by atomic mass is 32.1. The van der Waals surface area contributed by atoms with Gasteiger partial charge in [-0.15, -0.1) is 11.3 Å². The molecule has 2 aromatic heterocycles. The normalized spacial score (nSPS) is 10.8. The number of ether oxygens (including phenoxy) is 1. The Morgan fingerprint density at radius 3 is 2.79 bits per heavy atom. The van der Waals surface area contributed by atoms with Gasteiger partial charge in [0.2, 0.25) is 0 Å². The lowest BCUT2D eigenvalue weighted by Crippen LogP contribution is -2.11. The van der Waals surface area contributed by atoms with E-state index in [1.807, 2.05) is 17.5 Å². The quantitative estimate of drug-likeness (QED) is 0.484. The molecular weight excluding hydrogens is 372 g/mol. The minimum Gasteiger partial charge on any atom is -0.462 e. The van der Waals surface area contributed by atoms with Crippen LogP contribution in [0.2, 0.25) is 0 Å². The van der Waals surface area contributed by atoms with E-state index in [1.54, 1.807) is 13.8 Å². The molecule has 0 saturated heterocycles. The first-order valence-electron chi connectivity index (χ1n) is 8.86. The maximum absolute atomic E-state index is 12.2. The molecule has 140 valence electrons. The minimum absolute atomic E-state index is 0.287. The van der Waals surface area contributed by atoms with Gasteiger partial charge in [0.15, 0.2) is 10.9 Å². The number of rotatable bonds is 5. The Kier molecular flexibility index (Phi) is 4.99. The summed E-state index contributed by atoms with van der Waals surface area (Å²) >= 11 is 1.45. The molecule has 2 aromatic carbocycles. The molecule has 28 heavy (non-hydrogen) atoms. The van der Waals surface area contributed by atoms with Crippen LogP contribution in [0.15, 0.2) is 54.0 Å². The second-order valence-electron chi connectivity index (χ2n) is 6.12. The molecule has 0 unspecified atom stereocenters. The molecule has 2 heterocycles. The fourth-order valence-corrected chi connectivity index (χ4v) is 3.56. The lowest BCUT2D eigenvalue weighted by Gasteiger charge is -2.08. The van der Waals surface area contributed by atoms with Gasteiger partial charge >= 0.3 is 5.97 Å². The summed E-state index contributed by atoms with van der Waals surface area (Å²) in [5, 5.41) is 8.11. The van der Waals surface area contributed by atoms with Gasteiger partial charge in [0.1, 0.15) is 11.4 Å². The highest BCUT2D eigenvalue weighted by Gasteiger charge is 2.16. The monoisotopic (exact) mass is 390 g/mol. The van der Waals surface area contributed by atoms with Crippen LogP contribution >= 0.6 is 11.3 Å². The number of nitrogens with one attached hydrogen (secondary N) is 1. The van der Waals surface area contributed by atoms with Gasteiger partial charge in [0.05, 0.1) is 12.3 Å². The summed E-state index contributed by atoms with van der Waals surface area (Å²) in [5.74, 6) is 0.489. The van der Waals surface area contributed by atoms with Crippen molar-refractivity contribution in [3.63, 3.8) is 0 Å². The smallest absolute Gasteiger partial charge is 0.343 e. The summed E-state index contributed by atoms with van der Waals surface area (Å²) in [6.45, 7) is 3.81. The van der Waals surface area contributed by atoms with Gasteiger partial charge in [0.25, 0.3) is 0 Å². The average molecular weight is 390 g/mol. The molecule has 0 aliphatic carbocycles. The Morgan fingerprint density at radius 2 is 1.96 bits per heavy atom. The number of carbonyl (C=O) groups is 1. The highest BCUT2D eigenvalue weighted by molar-refractivity contribution is 7.14. The number of benzene rings is 2. The van der Waals surface area contributed by atoms with E-state index in [4.69, 9.17) is 4.74 Å². The predicted octanol–water partition coefficient (Wildman–Crippen LogP) is 4.98. The standard InChI is InChI=1S/C21H18N4O2S/c1-3-27-20(26)17-11-22-13(2)23-19(17)25-21-24-18(12-28-21)16-9-8-14-6-4-5-7-15(14)10-16/h4-12H,3H2,1-2H3,(H,22,23,24,25). The van der Waals surface area contributed by atoms with Crippen molar-refractivity contribution in [3.05, 3.63) is 65.4 Å². The Labute approximate surface area is 166 Å². The predicted molar refractivity (Wildman–Crippen MR) is 111 cm³/mol. The van der Waals surface area contributed by atoms with E-state index in [0.717, 1.165) is 11.3 Å². The van der Waals surface area contributed by atoms with Gasteiger partial charge in [0, 0.05) is 17.1 Å². The Hall–Kier alpha value is -3.32. The first-order chi connectivity index (χ1) is 13.6. The molecule has 0 amide bonds. The van der Waals surface area contributed by atoms with Gasteiger partial charge in [-0.3, -0.25) is 0 Å². The van der Waals surface area contributed by atoms with Crippen LogP contribution in [0.1, 0.15) is 23.1 Å². The van der Waals surface area contributed by atoms with Crippen molar-refractivity contribution in [1.29, 1.82) is 0 Å². The molecule has 0 spiro atoms. The largest absolute Gasteiger partial charge is 0.462 e. The van der Waals surface area contributed by atoms with E-state index in [1.165, 1.54) is 28.3 Å². The maximum Gasteiger partial charge on any atom is 0.343 e. The molecule has 0 bridgehead atoms. The summed E-state index contributed by atoms with van der Waals surface area (Å²) in [4.78, 5) is 25.2. The second-order valence-corrected chi connectivity index (χ2v) is 6.98. The number of fused-ring (bicyclic) bond motifs is 1. The van der Waals surface area contributed by atoms with E-state index in [-0.39, 0.29) is 12.2 Å². The van der Waals surface area contributed by atoms with Gasteiger partial charge < -0.3 is 10.1 Å². The van der Waals surface area contributed by atoms with E-state index in [0.29, 0.717) is 16.8 Å². The molecule has 6 nitrogen and oxygen atoms in total. The third-order valence-corrected chi connectivity index (χ3v) is 4.94. The average Bonchev–Trinajstić information content (AvgIpc) is 3.16. The number of nitrogens with zero attached hydrogens (tertiary/aromatic N) is 3. The molecule has 0 atom stereocenters. The number of carbonyl (C=O) groups excluding carboxylic acids is 1. The molecule has 1 N–H and O–H groups in total. The number of hydrogen-bond acceptors (Lipinski definition) is 7. The van der Waals surface area contributed by atoms with Crippen LogP contribution < -0.4 is 5.32 Å². The fraction of sp³-hybridized carbons (Fsp3) is 0.143. The first-order valence-corrected chi connectivity index (χ1v) is 9.74. The molecule has 0 aliphatic heterocycles. The third kappa shape index (κ3) is 3.70. The summed E-state index contributed by atoms with van der Waals surface area (Å²) in [5.41, 5.74) is 2.18. The zero-order chi connectivity index (χ0) is 19.5. The van der Waals surface area contributed by atoms with Crippen molar-refractivity contribution in [3.8, 4) is 11.3 Å². The van der Waals surface area contributed by atoms with Crippen LogP contribution in [0.4, 0.5) is 10.9 Å². The molecular formula is C21H18N4O2S. The second kappa shape index (κ2) is 7.74. The maximum atomic E-state index is 12.2. The summed E-state index contributed by atoms with van der Waals surface area (Å²) in [7, 11) is 0. The van der Waals surface area contributed by atoms with Crippen LogP contribution in [0, 0.1) is 6.92 Å². The van der Waals surface area contributed by atoms with Crippen LogP contribution in [0.25, 0.3) is 22.0 Å². The molecule has 4 rings (SSSR count). The Balaban J connectivity index is 1.63. The number of aryl methyl sites for hydroxylation is 1. The molecule has 0 radical (unpaired) electrons. The molecule has 0 fully saturated rings. The van der Waals surface area contributed by atoms with Crippen molar-refractivity contribution in [2.24, 2.45) is 0 Å². The molecule has 4 aromatic rings. The zero-order valence-corrected chi connectivity index (χ0v) is 16.3. The van der Waals surface area contributed by atoms with Crippen molar-refractivity contribution in [2.45, 2.75) is 13.8 Å². The molecule has 0 aliphatic rings. The van der Waals surface area contributed by atoms with Crippen molar-refractivity contribution < 1.29 is 9.53 Å². The SMILES string of the molecule is CCOC(=O)c1cnc(C)nc1Nc1nc(-c2ccc3ccccc3c2)cs1. The van der Waals surface area contributed by atoms with Crippen molar-refractivity contribution in [1.82, 2.24) is 15.0 Å². The molecule has 0 saturated carbocycles. The third-order valence-electron chi connectivity index (χ3n) is 4.18. The van der Waals surface area contributed by atoms with Crippen LogP contribution in [-0.2, 0) is 4.74 Å². The number of thiazole rings is 1. The number of anilines is 2. The summed E-state index contributed by atoms with van der Waals surface area (Å²) in [6, 6.07) is 14.5. The number of aromatic nitrogens is 3. The number of esters is 1. The van der Waals surface area contributed by atoms with Crippen molar-refractivity contribution >= 4 is 39.0 Å². The lowest BCUT2D eigenvalue weighted by molar-refractivity contribution is 0.0526. The van der Waals surface area contributed by atoms with E-state index in [2.05, 4.69) is 50.6 Å².